The third kappa shape index (κ3) is 27.0. The van der Waals surface area contributed by atoms with Gasteiger partial charge in [-0.2, -0.15) is 0 Å². The average Bonchev–Trinajstić information content (AvgIpc) is 3.32. The molecule has 0 saturated heterocycles. The van der Waals surface area contributed by atoms with Gasteiger partial charge in [-0.1, -0.05) is 139 Å². The van der Waals surface area contributed by atoms with Crippen LogP contribution in [0.15, 0.2) is 60.8 Å². The summed E-state index contributed by atoms with van der Waals surface area (Å²) in [5, 5.41) is 78.6. The summed E-state index contributed by atoms with van der Waals surface area (Å²) in [6, 6.07) is 0. The first kappa shape index (κ1) is 62.3. The summed E-state index contributed by atoms with van der Waals surface area (Å²) in [7, 11) is -5.47. The molecule has 2 rings (SSSR count). The molecule has 1 fully saturated rings. The minimum Gasteiger partial charge on any atom is -0.462 e. The lowest BCUT2D eigenvalue weighted by Crippen LogP contribution is -2.55. The maximum Gasteiger partial charge on any atom is 0.472 e. The van der Waals surface area contributed by atoms with Crippen LogP contribution in [0.3, 0.4) is 0 Å². The van der Waals surface area contributed by atoms with E-state index in [1.165, 1.54) is 31.8 Å². The number of cyclic esters (lactones) is 1. The highest BCUT2D eigenvalue weighted by atomic mass is 31.2. The van der Waals surface area contributed by atoms with Gasteiger partial charge in [0.25, 0.3) is 0 Å². The van der Waals surface area contributed by atoms with Gasteiger partial charge in [-0.15, -0.1) is 0 Å². The number of phosphoric ester groups is 1. The highest BCUT2D eigenvalue weighted by molar-refractivity contribution is 7.47. The van der Waals surface area contributed by atoms with Gasteiger partial charge in [0.2, 0.25) is 0 Å². The molecule has 69 heavy (non-hydrogen) atoms. The van der Waals surface area contributed by atoms with E-state index in [1.54, 1.807) is 12.2 Å². The second-order valence-electron chi connectivity index (χ2n) is 18.5. The number of ketones is 1. The Hall–Kier alpha value is -2.86. The number of phosphoric acid groups is 1. The number of aliphatic hydroxyl groups is 7. The van der Waals surface area contributed by atoms with Crippen LogP contribution in [-0.2, 0) is 37.5 Å². The summed E-state index contributed by atoms with van der Waals surface area (Å²) in [5.74, 6) is -5.18. The summed E-state index contributed by atoms with van der Waals surface area (Å²) in [6.07, 6.45) is 17.8. The van der Waals surface area contributed by atoms with Crippen LogP contribution in [0.5, 0.6) is 0 Å². The first-order valence-corrected chi connectivity index (χ1v) is 27.2. The number of aliphatic hydroxyl groups excluding tert-OH is 7. The summed E-state index contributed by atoms with van der Waals surface area (Å²) < 4.78 is 34.7. The van der Waals surface area contributed by atoms with E-state index in [4.69, 9.17) is 18.5 Å². The Morgan fingerprint density at radius 3 is 2.01 bits per heavy atom. The Bertz CT molecular complexity index is 1610. The number of carbonyl (C=O) groups excluding carboxylic acids is 3. The lowest BCUT2D eigenvalue weighted by molar-refractivity contribution is -0.166. The molecule has 0 aromatic heterocycles. The molecule has 0 aromatic rings. The molecule has 1 aliphatic carbocycles. The van der Waals surface area contributed by atoms with Crippen LogP contribution < -0.4 is 0 Å². The second-order valence-corrected chi connectivity index (χ2v) is 19.9. The standard InChI is InChI=1S/C52H87O16P/c1-3-5-7-8-9-10-11-12-13-14-15-16-17-18-19-20-21-22-23-29-33-46(57)67-40-37-65-45(56)32-28-25-24-27-31-41-43(54)36-44(55)42(35-34-39(53)30-26-6-4-2)48(59)50(61)52(51(62)49(60)47(41)58)68-69(63,64)66-38-40/h10-11,13-14,16-17,24,27,34-35,39-43,47-54,58-62H,3-9,12,15,18-23,25-26,28-33,36-38H2,1-2H3,(H,63,64)/b11-10-,14-13-,17-16-,27-24-,35-34+/t39-,40+,41-,42-,43-,47+,48+,49-,50+,51+,52+/m0/s1. The van der Waals surface area contributed by atoms with E-state index in [9.17, 15) is 59.6 Å². The number of fused-ring (bicyclic) bond motifs is 4. The second kappa shape index (κ2) is 37.0. The Morgan fingerprint density at radius 2 is 1.35 bits per heavy atom. The van der Waals surface area contributed by atoms with Gasteiger partial charge in [0, 0.05) is 25.2 Å². The molecule has 1 heterocycles. The Kier molecular flexibility index (Phi) is 33.4. The molecule has 2 bridgehead atoms. The van der Waals surface area contributed by atoms with Crippen LogP contribution in [0, 0.1) is 11.8 Å². The Labute approximate surface area is 411 Å². The zero-order valence-corrected chi connectivity index (χ0v) is 42.2. The van der Waals surface area contributed by atoms with E-state index in [1.807, 2.05) is 6.92 Å². The van der Waals surface area contributed by atoms with Crippen molar-refractivity contribution in [3.05, 3.63) is 60.8 Å². The van der Waals surface area contributed by atoms with Crippen molar-refractivity contribution >= 4 is 25.5 Å². The molecule has 0 radical (unpaired) electrons. The molecule has 17 heteroatoms. The third-order valence-corrected chi connectivity index (χ3v) is 13.4. The average molecular weight is 999 g/mol. The molecule has 1 aliphatic heterocycles. The van der Waals surface area contributed by atoms with E-state index in [2.05, 4.69) is 43.4 Å². The van der Waals surface area contributed by atoms with E-state index in [-0.39, 0.29) is 19.3 Å². The lowest BCUT2D eigenvalue weighted by Gasteiger charge is -2.36. The molecule has 1 unspecified atom stereocenters. The number of ether oxygens (including phenoxy) is 2. The molecule has 12 atom stereocenters. The number of allylic oxidation sites excluding steroid dienone is 8. The fraction of sp³-hybridized carbons (Fsp3) is 0.750. The smallest absolute Gasteiger partial charge is 0.462 e. The van der Waals surface area contributed by atoms with Gasteiger partial charge < -0.3 is 50.1 Å². The van der Waals surface area contributed by atoms with Gasteiger partial charge in [0.05, 0.1) is 36.9 Å². The van der Waals surface area contributed by atoms with Crippen molar-refractivity contribution in [1.29, 1.82) is 0 Å². The minimum absolute atomic E-state index is 0.00737. The van der Waals surface area contributed by atoms with Crippen LogP contribution in [0.2, 0.25) is 0 Å². The number of hydrogen-bond acceptors (Lipinski definition) is 15. The molecule has 1 saturated carbocycles. The monoisotopic (exact) mass is 999 g/mol. The lowest BCUT2D eigenvalue weighted by atomic mass is 9.83. The maximum absolute atomic E-state index is 13.7. The normalized spacial score (nSPS) is 30.6. The maximum atomic E-state index is 13.7. The van der Waals surface area contributed by atoms with Gasteiger partial charge in [-0.05, 0) is 70.6 Å². The molecular formula is C52H87O16P. The number of hydrogen-bond donors (Lipinski definition) is 8. The van der Waals surface area contributed by atoms with Gasteiger partial charge in [0.1, 0.15) is 36.8 Å². The highest BCUT2D eigenvalue weighted by Gasteiger charge is 2.49. The van der Waals surface area contributed by atoms with E-state index in [0.717, 1.165) is 76.7 Å². The first-order valence-electron chi connectivity index (χ1n) is 25.7. The molecule has 0 spiro atoms. The molecule has 2 aliphatic rings. The summed E-state index contributed by atoms with van der Waals surface area (Å²) in [6.45, 7) is 2.77. The fourth-order valence-corrected chi connectivity index (χ4v) is 9.15. The van der Waals surface area contributed by atoms with E-state index >= 15 is 0 Å². The molecule has 396 valence electrons. The van der Waals surface area contributed by atoms with Gasteiger partial charge in [-0.3, -0.25) is 23.4 Å². The zero-order valence-electron chi connectivity index (χ0n) is 41.3. The zero-order chi connectivity index (χ0) is 50.9. The number of unbranched alkanes of at least 4 members (excludes halogenated alkanes) is 12. The topological polar surface area (TPSA) is 267 Å². The van der Waals surface area contributed by atoms with Crippen LogP contribution >= 0.6 is 7.82 Å². The summed E-state index contributed by atoms with van der Waals surface area (Å²) >= 11 is 0. The Balaban J connectivity index is 2.08. The predicted molar refractivity (Wildman–Crippen MR) is 263 cm³/mol. The van der Waals surface area contributed by atoms with Crippen molar-refractivity contribution in [2.45, 2.75) is 223 Å². The van der Waals surface area contributed by atoms with E-state index in [0.29, 0.717) is 32.1 Å². The minimum atomic E-state index is -5.47. The molecule has 8 N–H and O–H groups in total. The number of esters is 2. The Morgan fingerprint density at radius 1 is 0.754 bits per heavy atom. The van der Waals surface area contributed by atoms with Crippen molar-refractivity contribution in [1.82, 2.24) is 0 Å². The van der Waals surface area contributed by atoms with Crippen molar-refractivity contribution in [2.75, 3.05) is 13.2 Å². The van der Waals surface area contributed by atoms with Crippen molar-refractivity contribution in [3.63, 3.8) is 0 Å². The van der Waals surface area contributed by atoms with Crippen molar-refractivity contribution < 1.29 is 78.1 Å². The van der Waals surface area contributed by atoms with Gasteiger partial charge >= 0.3 is 19.8 Å². The summed E-state index contributed by atoms with van der Waals surface area (Å²) in [4.78, 5) is 50.3. The van der Waals surface area contributed by atoms with Crippen LogP contribution in [0.1, 0.15) is 168 Å². The van der Waals surface area contributed by atoms with Crippen molar-refractivity contribution in [2.24, 2.45) is 11.8 Å². The van der Waals surface area contributed by atoms with Crippen LogP contribution in [0.25, 0.3) is 0 Å². The highest BCUT2D eigenvalue weighted by Crippen LogP contribution is 2.47. The molecule has 0 aromatic carbocycles. The predicted octanol–water partition coefficient (Wildman–Crippen LogP) is 7.48. The fourth-order valence-electron chi connectivity index (χ4n) is 8.18. The number of carbonyl (C=O) groups is 3. The largest absolute Gasteiger partial charge is 0.472 e. The van der Waals surface area contributed by atoms with Crippen molar-refractivity contribution in [3.8, 4) is 0 Å². The SMILES string of the molecule is CCCCCC/C=C\C/C=C\C/C=C\CCCCCCCCC(=O)O[C@@H]1COC(=O)CCC/C=C\C[C@@H]2[C@@H](O)[C@H](O)[C@@H](O)[C@H](OP(=O)(O)OC1)[C@H](O)[C@H](O)[C@@H](/C=C/[C@@H](O)CCCCC)C(=O)C[C@@H]2O. The first-order chi connectivity index (χ1) is 33.1. The van der Waals surface area contributed by atoms with Crippen LogP contribution in [-0.4, -0.2) is 127 Å². The number of Topliss-reactive ketones (excluding diaryl/α,β-unsaturated/α-hetero) is 1. The van der Waals surface area contributed by atoms with Crippen LogP contribution in [0.4, 0.5) is 0 Å². The molecule has 16 nitrogen and oxygen atoms in total. The molecule has 0 amide bonds. The number of rotatable bonds is 25. The quantitative estimate of drug-likeness (QED) is 0.0191. The molecular weight excluding hydrogens is 912 g/mol. The summed E-state index contributed by atoms with van der Waals surface area (Å²) in [5.41, 5.74) is 0. The van der Waals surface area contributed by atoms with Gasteiger partial charge in [0.15, 0.2) is 6.10 Å². The van der Waals surface area contributed by atoms with E-state index < -0.39 is 112 Å². The third-order valence-electron chi connectivity index (χ3n) is 12.5. The van der Waals surface area contributed by atoms with Gasteiger partial charge in [-0.25, -0.2) is 4.57 Å².